The summed E-state index contributed by atoms with van der Waals surface area (Å²) in [7, 11) is 1.80. The first kappa shape index (κ1) is 19.9. The predicted octanol–water partition coefficient (Wildman–Crippen LogP) is 3.31. The van der Waals surface area contributed by atoms with Gasteiger partial charge in [-0.15, -0.1) is 10.2 Å². The molecule has 1 saturated heterocycles. The van der Waals surface area contributed by atoms with Crippen molar-refractivity contribution < 1.29 is 22.8 Å². The number of hydrogen-bond acceptors (Lipinski definition) is 5. The van der Waals surface area contributed by atoms with Crippen molar-refractivity contribution in [3.63, 3.8) is 0 Å². The molecule has 2 aliphatic heterocycles. The standard InChI is InChI=1S/C21H23F2N5O3/c1-26-8-9-27(21(26)30)15-4-2-3-5-16(15)28-11-13-7-6-12(10-14(13)20(28)29)18-24-25-19(31-18)17(22)23/h6-7,10,15-17H,2-5,8-9,11H2,1H3/t15-,16-/m1/s1. The Morgan fingerprint density at radius 1 is 1.06 bits per heavy atom. The van der Waals surface area contributed by atoms with Crippen LogP contribution in [0.25, 0.3) is 11.5 Å². The van der Waals surface area contributed by atoms with E-state index in [2.05, 4.69) is 10.2 Å². The van der Waals surface area contributed by atoms with Crippen LogP contribution in [0, 0.1) is 0 Å². The fourth-order valence-electron chi connectivity index (χ4n) is 4.96. The summed E-state index contributed by atoms with van der Waals surface area (Å²) in [5.41, 5.74) is 1.82. The van der Waals surface area contributed by atoms with Crippen molar-refractivity contribution in [2.24, 2.45) is 0 Å². The normalized spacial score (nSPS) is 23.9. The van der Waals surface area contributed by atoms with Crippen LogP contribution in [0.3, 0.4) is 0 Å². The molecule has 0 bridgehead atoms. The first-order valence-corrected chi connectivity index (χ1v) is 10.5. The van der Waals surface area contributed by atoms with Crippen molar-refractivity contribution >= 4 is 11.9 Å². The molecular weight excluding hydrogens is 408 g/mol. The van der Waals surface area contributed by atoms with Gasteiger partial charge in [-0.2, -0.15) is 8.78 Å². The molecule has 0 unspecified atom stereocenters. The summed E-state index contributed by atoms with van der Waals surface area (Å²) in [4.78, 5) is 31.4. The van der Waals surface area contributed by atoms with Crippen molar-refractivity contribution in [1.82, 2.24) is 24.9 Å². The minimum atomic E-state index is -2.84. The van der Waals surface area contributed by atoms with E-state index >= 15 is 0 Å². The lowest BCUT2D eigenvalue weighted by atomic mass is 9.88. The molecule has 8 nitrogen and oxygen atoms in total. The molecule has 0 spiro atoms. The van der Waals surface area contributed by atoms with E-state index in [-0.39, 0.29) is 29.9 Å². The van der Waals surface area contributed by atoms with E-state index in [9.17, 15) is 18.4 Å². The summed E-state index contributed by atoms with van der Waals surface area (Å²) in [6.07, 6.45) is 0.948. The Labute approximate surface area is 177 Å². The van der Waals surface area contributed by atoms with E-state index in [4.69, 9.17) is 4.42 Å². The van der Waals surface area contributed by atoms with Crippen LogP contribution in [0.2, 0.25) is 0 Å². The van der Waals surface area contributed by atoms with Crippen LogP contribution in [-0.2, 0) is 6.54 Å². The molecule has 5 rings (SSSR count). The lowest BCUT2D eigenvalue weighted by molar-refractivity contribution is 0.0481. The highest BCUT2D eigenvalue weighted by molar-refractivity contribution is 5.99. The zero-order valence-corrected chi connectivity index (χ0v) is 17.1. The van der Waals surface area contributed by atoms with Gasteiger partial charge in [0.1, 0.15) is 0 Å². The van der Waals surface area contributed by atoms with E-state index in [0.29, 0.717) is 30.8 Å². The third-order valence-electron chi connectivity index (χ3n) is 6.56. The van der Waals surface area contributed by atoms with E-state index < -0.39 is 12.3 Å². The molecule has 1 aliphatic carbocycles. The molecule has 1 aromatic heterocycles. The molecule has 3 aliphatic rings. The van der Waals surface area contributed by atoms with Crippen LogP contribution in [0.1, 0.15) is 53.9 Å². The molecule has 0 N–H and O–H groups in total. The number of fused-ring (bicyclic) bond motifs is 1. The Bertz CT molecular complexity index is 1030. The number of carbonyl (C=O) groups is 2. The molecule has 10 heteroatoms. The van der Waals surface area contributed by atoms with Gasteiger partial charge in [0, 0.05) is 37.8 Å². The molecule has 31 heavy (non-hydrogen) atoms. The second-order valence-corrected chi connectivity index (χ2v) is 8.37. The third kappa shape index (κ3) is 3.34. The summed E-state index contributed by atoms with van der Waals surface area (Å²) < 4.78 is 30.6. The summed E-state index contributed by atoms with van der Waals surface area (Å²) in [6.45, 7) is 1.85. The Morgan fingerprint density at radius 2 is 1.81 bits per heavy atom. The molecule has 164 valence electrons. The number of rotatable bonds is 4. The van der Waals surface area contributed by atoms with Gasteiger partial charge in [0.25, 0.3) is 11.8 Å². The van der Waals surface area contributed by atoms with Crippen molar-refractivity contribution in [3.05, 3.63) is 35.2 Å². The monoisotopic (exact) mass is 431 g/mol. The summed E-state index contributed by atoms with van der Waals surface area (Å²) in [6, 6.07) is 5.13. The first-order valence-electron chi connectivity index (χ1n) is 10.5. The van der Waals surface area contributed by atoms with Gasteiger partial charge in [-0.25, -0.2) is 4.79 Å². The maximum atomic E-state index is 13.3. The average Bonchev–Trinajstić information content (AvgIpc) is 3.47. The number of carbonyl (C=O) groups excluding carboxylic acids is 2. The highest BCUT2D eigenvalue weighted by Crippen LogP contribution is 2.36. The number of hydrogen-bond donors (Lipinski definition) is 0. The van der Waals surface area contributed by atoms with Gasteiger partial charge in [-0.05, 0) is 30.5 Å². The minimum Gasteiger partial charge on any atom is -0.415 e. The topological polar surface area (TPSA) is 82.8 Å². The number of benzene rings is 1. The number of halogens is 2. The van der Waals surface area contributed by atoms with Gasteiger partial charge in [0.05, 0.1) is 12.1 Å². The van der Waals surface area contributed by atoms with Crippen LogP contribution in [0.5, 0.6) is 0 Å². The molecule has 2 atom stereocenters. The molecule has 3 heterocycles. The lowest BCUT2D eigenvalue weighted by Gasteiger charge is -2.42. The number of aromatic nitrogens is 2. The first-order chi connectivity index (χ1) is 14.9. The quantitative estimate of drug-likeness (QED) is 0.742. The lowest BCUT2D eigenvalue weighted by Crippen LogP contribution is -2.54. The molecule has 3 amide bonds. The predicted molar refractivity (Wildman–Crippen MR) is 105 cm³/mol. The Hall–Kier alpha value is -3.04. The second-order valence-electron chi connectivity index (χ2n) is 8.37. The molecule has 2 fully saturated rings. The SMILES string of the molecule is CN1CCN([C@@H]2CCCC[C@H]2N2Cc3ccc(-c4nnc(C(F)F)o4)cc3C2=O)C1=O. The van der Waals surface area contributed by atoms with Crippen molar-refractivity contribution in [1.29, 1.82) is 0 Å². The number of alkyl halides is 2. The van der Waals surface area contributed by atoms with Crippen LogP contribution >= 0.6 is 0 Å². The van der Waals surface area contributed by atoms with E-state index in [0.717, 1.165) is 31.2 Å². The summed E-state index contributed by atoms with van der Waals surface area (Å²) >= 11 is 0. The van der Waals surface area contributed by atoms with Crippen LogP contribution < -0.4 is 0 Å². The molecule has 1 aromatic carbocycles. The van der Waals surface area contributed by atoms with Gasteiger partial charge in [-0.3, -0.25) is 4.79 Å². The largest absolute Gasteiger partial charge is 0.415 e. The third-order valence-corrected chi connectivity index (χ3v) is 6.56. The fraction of sp³-hybridized carbons (Fsp3) is 0.524. The fourth-order valence-corrected chi connectivity index (χ4v) is 4.96. The maximum Gasteiger partial charge on any atom is 0.320 e. The highest BCUT2D eigenvalue weighted by Gasteiger charge is 2.43. The smallest absolute Gasteiger partial charge is 0.320 e. The van der Waals surface area contributed by atoms with Crippen molar-refractivity contribution in [3.8, 4) is 11.5 Å². The van der Waals surface area contributed by atoms with Crippen LogP contribution in [0.15, 0.2) is 22.6 Å². The number of amides is 3. The van der Waals surface area contributed by atoms with E-state index in [1.165, 1.54) is 0 Å². The highest BCUT2D eigenvalue weighted by atomic mass is 19.3. The van der Waals surface area contributed by atoms with Gasteiger partial charge < -0.3 is 19.1 Å². The summed E-state index contributed by atoms with van der Waals surface area (Å²) in [5.74, 6) is -0.887. The molecular formula is C21H23F2N5O3. The van der Waals surface area contributed by atoms with E-state index in [1.807, 2.05) is 9.80 Å². The molecule has 0 radical (unpaired) electrons. The van der Waals surface area contributed by atoms with Crippen LogP contribution in [0.4, 0.5) is 13.6 Å². The van der Waals surface area contributed by atoms with Crippen molar-refractivity contribution in [2.45, 2.75) is 50.7 Å². The number of nitrogens with zero attached hydrogens (tertiary/aromatic N) is 5. The van der Waals surface area contributed by atoms with Crippen molar-refractivity contribution in [2.75, 3.05) is 20.1 Å². The van der Waals surface area contributed by atoms with Gasteiger partial charge in [0.15, 0.2) is 0 Å². The van der Waals surface area contributed by atoms with Crippen LogP contribution in [-0.4, -0.2) is 69.1 Å². The second kappa shape index (κ2) is 7.58. The minimum absolute atomic E-state index is 0.00785. The Kier molecular flexibility index (Phi) is 4.86. The van der Waals surface area contributed by atoms with E-state index in [1.54, 1.807) is 30.1 Å². The summed E-state index contributed by atoms with van der Waals surface area (Å²) in [5, 5.41) is 7.03. The molecule has 2 aromatic rings. The number of urea groups is 1. The average molecular weight is 431 g/mol. The number of likely N-dealkylation sites (N-methyl/N-ethyl adjacent to an activating group) is 1. The Morgan fingerprint density at radius 3 is 2.45 bits per heavy atom. The van der Waals surface area contributed by atoms with Gasteiger partial charge >= 0.3 is 12.5 Å². The maximum absolute atomic E-state index is 13.3. The van der Waals surface area contributed by atoms with Gasteiger partial charge in [0.2, 0.25) is 5.89 Å². The zero-order valence-electron chi connectivity index (χ0n) is 17.1. The Balaban J connectivity index is 1.40. The zero-order chi connectivity index (χ0) is 21.7. The molecule has 1 saturated carbocycles. The van der Waals surface area contributed by atoms with Gasteiger partial charge in [-0.1, -0.05) is 18.9 Å².